The SMILES string of the molecule is N#CC1(c2ccc(F)cc2)CC2(CCC2)C1. The van der Waals surface area contributed by atoms with Gasteiger partial charge in [-0.1, -0.05) is 18.6 Å². The van der Waals surface area contributed by atoms with E-state index >= 15 is 0 Å². The molecular weight excluding hydrogens is 201 g/mol. The summed E-state index contributed by atoms with van der Waals surface area (Å²) in [7, 11) is 0. The maximum absolute atomic E-state index is 12.8. The molecule has 1 spiro atoms. The van der Waals surface area contributed by atoms with Gasteiger partial charge in [0.15, 0.2) is 0 Å². The summed E-state index contributed by atoms with van der Waals surface area (Å²) in [6.45, 7) is 0. The number of rotatable bonds is 1. The van der Waals surface area contributed by atoms with Crippen molar-refractivity contribution in [2.45, 2.75) is 37.5 Å². The molecule has 3 rings (SSSR count). The average Bonchev–Trinajstić information content (AvgIpc) is 2.17. The van der Waals surface area contributed by atoms with Crippen molar-refractivity contribution in [3.63, 3.8) is 0 Å². The molecule has 0 aliphatic heterocycles. The monoisotopic (exact) mass is 215 g/mol. The molecule has 2 heteroatoms. The van der Waals surface area contributed by atoms with Gasteiger partial charge in [0.1, 0.15) is 5.82 Å². The summed E-state index contributed by atoms with van der Waals surface area (Å²) < 4.78 is 12.8. The first-order chi connectivity index (χ1) is 7.68. The van der Waals surface area contributed by atoms with Gasteiger partial charge in [0.25, 0.3) is 0 Å². The average molecular weight is 215 g/mol. The number of hydrogen-bond donors (Lipinski definition) is 0. The van der Waals surface area contributed by atoms with Gasteiger partial charge < -0.3 is 0 Å². The van der Waals surface area contributed by atoms with Gasteiger partial charge in [-0.15, -0.1) is 0 Å². The predicted octanol–water partition coefficient (Wildman–Crippen LogP) is 3.55. The Balaban J connectivity index is 1.87. The molecule has 0 bridgehead atoms. The molecule has 0 heterocycles. The number of halogens is 1. The van der Waals surface area contributed by atoms with Gasteiger partial charge in [0.05, 0.1) is 11.5 Å². The Morgan fingerprint density at radius 2 is 1.75 bits per heavy atom. The normalized spacial score (nSPS) is 24.2. The number of hydrogen-bond acceptors (Lipinski definition) is 1. The van der Waals surface area contributed by atoms with Gasteiger partial charge in [0, 0.05) is 0 Å². The van der Waals surface area contributed by atoms with Crippen molar-refractivity contribution in [1.82, 2.24) is 0 Å². The van der Waals surface area contributed by atoms with E-state index in [0.717, 1.165) is 18.4 Å². The molecule has 1 nitrogen and oxygen atoms in total. The molecule has 0 aromatic heterocycles. The first-order valence-corrected chi connectivity index (χ1v) is 5.86. The molecule has 0 radical (unpaired) electrons. The molecule has 0 atom stereocenters. The molecule has 2 saturated carbocycles. The second kappa shape index (κ2) is 3.07. The lowest BCUT2D eigenvalue weighted by molar-refractivity contribution is -0.0227. The van der Waals surface area contributed by atoms with Crippen LogP contribution >= 0.6 is 0 Å². The molecular formula is C14H14FN. The third kappa shape index (κ3) is 1.21. The summed E-state index contributed by atoms with van der Waals surface area (Å²) >= 11 is 0. The van der Waals surface area contributed by atoms with E-state index < -0.39 is 0 Å². The molecule has 2 fully saturated rings. The number of nitriles is 1. The van der Waals surface area contributed by atoms with Crippen LogP contribution in [-0.2, 0) is 5.41 Å². The third-order valence-corrected chi connectivity index (χ3v) is 4.38. The minimum atomic E-state index is -0.325. The highest BCUT2D eigenvalue weighted by atomic mass is 19.1. The summed E-state index contributed by atoms with van der Waals surface area (Å²) in [6, 6.07) is 8.90. The fourth-order valence-corrected chi connectivity index (χ4v) is 3.38. The summed E-state index contributed by atoms with van der Waals surface area (Å²) in [5.74, 6) is -0.227. The second-order valence-corrected chi connectivity index (χ2v) is 5.41. The van der Waals surface area contributed by atoms with E-state index in [2.05, 4.69) is 6.07 Å². The van der Waals surface area contributed by atoms with Crippen LogP contribution in [0.2, 0.25) is 0 Å². The molecule has 0 N–H and O–H groups in total. The van der Waals surface area contributed by atoms with E-state index in [4.69, 9.17) is 0 Å². The highest BCUT2D eigenvalue weighted by Crippen LogP contribution is 2.64. The summed E-state index contributed by atoms with van der Waals surface area (Å²) in [5.41, 5.74) is 1.13. The lowest BCUT2D eigenvalue weighted by Crippen LogP contribution is -2.52. The van der Waals surface area contributed by atoms with Gasteiger partial charge in [0.2, 0.25) is 0 Å². The lowest BCUT2D eigenvalue weighted by atomic mass is 9.44. The van der Waals surface area contributed by atoms with Crippen molar-refractivity contribution >= 4 is 0 Å². The molecule has 1 aromatic carbocycles. The van der Waals surface area contributed by atoms with Crippen LogP contribution in [0.1, 0.15) is 37.7 Å². The van der Waals surface area contributed by atoms with E-state index in [-0.39, 0.29) is 11.2 Å². The van der Waals surface area contributed by atoms with Gasteiger partial charge in [-0.3, -0.25) is 0 Å². The minimum Gasteiger partial charge on any atom is -0.207 e. The van der Waals surface area contributed by atoms with Crippen LogP contribution in [0.15, 0.2) is 24.3 Å². The van der Waals surface area contributed by atoms with Crippen LogP contribution < -0.4 is 0 Å². The maximum Gasteiger partial charge on any atom is 0.123 e. The lowest BCUT2D eigenvalue weighted by Gasteiger charge is -2.58. The van der Waals surface area contributed by atoms with Crippen molar-refractivity contribution in [2.75, 3.05) is 0 Å². The van der Waals surface area contributed by atoms with Crippen LogP contribution in [0.25, 0.3) is 0 Å². The number of benzene rings is 1. The Bertz CT molecular complexity index is 443. The Morgan fingerprint density at radius 3 is 2.19 bits per heavy atom. The highest BCUT2D eigenvalue weighted by Gasteiger charge is 2.58. The van der Waals surface area contributed by atoms with E-state index in [0.29, 0.717) is 5.41 Å². The Kier molecular flexibility index (Phi) is 1.89. The Labute approximate surface area is 94.9 Å². The van der Waals surface area contributed by atoms with Gasteiger partial charge in [-0.2, -0.15) is 5.26 Å². The van der Waals surface area contributed by atoms with Crippen LogP contribution in [0.5, 0.6) is 0 Å². The molecule has 16 heavy (non-hydrogen) atoms. The van der Waals surface area contributed by atoms with Gasteiger partial charge >= 0.3 is 0 Å². The number of nitrogens with zero attached hydrogens (tertiary/aromatic N) is 1. The molecule has 2 aliphatic rings. The molecule has 0 unspecified atom stereocenters. The van der Waals surface area contributed by atoms with Crippen LogP contribution in [0.4, 0.5) is 4.39 Å². The van der Waals surface area contributed by atoms with Crippen LogP contribution in [0.3, 0.4) is 0 Å². The highest BCUT2D eigenvalue weighted by molar-refractivity contribution is 5.38. The first kappa shape index (κ1) is 9.84. The molecule has 0 amide bonds. The van der Waals surface area contributed by atoms with E-state index in [1.807, 2.05) is 0 Å². The minimum absolute atomic E-state index is 0.227. The maximum atomic E-state index is 12.8. The largest absolute Gasteiger partial charge is 0.207 e. The zero-order valence-corrected chi connectivity index (χ0v) is 9.17. The van der Waals surface area contributed by atoms with E-state index in [1.165, 1.54) is 31.4 Å². The third-order valence-electron chi connectivity index (χ3n) is 4.38. The summed E-state index contributed by atoms with van der Waals surface area (Å²) in [6.07, 6.45) is 5.81. The summed E-state index contributed by atoms with van der Waals surface area (Å²) in [4.78, 5) is 0. The molecule has 0 saturated heterocycles. The topological polar surface area (TPSA) is 23.8 Å². The van der Waals surface area contributed by atoms with Crippen molar-refractivity contribution in [3.05, 3.63) is 35.6 Å². The zero-order chi connectivity index (χ0) is 11.2. The summed E-state index contributed by atoms with van der Waals surface area (Å²) in [5, 5.41) is 9.37. The van der Waals surface area contributed by atoms with E-state index in [1.54, 1.807) is 12.1 Å². The Hall–Kier alpha value is -1.36. The van der Waals surface area contributed by atoms with Crippen LogP contribution in [-0.4, -0.2) is 0 Å². The van der Waals surface area contributed by atoms with Crippen molar-refractivity contribution in [1.29, 1.82) is 5.26 Å². The quantitative estimate of drug-likeness (QED) is 0.702. The predicted molar refractivity (Wildman–Crippen MR) is 59.2 cm³/mol. The molecule has 1 aromatic rings. The fraction of sp³-hybridized carbons (Fsp3) is 0.500. The van der Waals surface area contributed by atoms with Gasteiger partial charge in [-0.25, -0.2) is 4.39 Å². The van der Waals surface area contributed by atoms with E-state index in [9.17, 15) is 9.65 Å². The standard InChI is InChI=1S/C14H14FN/c15-12-4-2-11(3-5-12)14(10-16)8-13(9-14)6-1-7-13/h2-5H,1,6-9H2. The molecule has 82 valence electrons. The zero-order valence-electron chi connectivity index (χ0n) is 9.17. The van der Waals surface area contributed by atoms with Crippen molar-refractivity contribution in [2.24, 2.45) is 5.41 Å². The smallest absolute Gasteiger partial charge is 0.123 e. The van der Waals surface area contributed by atoms with Gasteiger partial charge in [-0.05, 0) is 48.8 Å². The fourth-order valence-electron chi connectivity index (χ4n) is 3.38. The Morgan fingerprint density at radius 1 is 1.12 bits per heavy atom. The first-order valence-electron chi connectivity index (χ1n) is 5.86. The second-order valence-electron chi connectivity index (χ2n) is 5.41. The van der Waals surface area contributed by atoms with Crippen molar-refractivity contribution < 1.29 is 4.39 Å². The van der Waals surface area contributed by atoms with Crippen molar-refractivity contribution in [3.8, 4) is 6.07 Å². The van der Waals surface area contributed by atoms with Crippen LogP contribution in [0, 0.1) is 22.6 Å². The molecule has 2 aliphatic carbocycles.